The molecule has 1 aromatic carbocycles. The maximum absolute atomic E-state index is 12.3. The van der Waals surface area contributed by atoms with Gasteiger partial charge in [-0.2, -0.15) is 8.42 Å². The van der Waals surface area contributed by atoms with Crippen LogP contribution in [-0.2, 0) is 21.4 Å². The van der Waals surface area contributed by atoms with Crippen molar-refractivity contribution in [1.29, 1.82) is 0 Å². The zero-order valence-electron chi connectivity index (χ0n) is 12.2. The number of amides is 1. The van der Waals surface area contributed by atoms with E-state index in [9.17, 15) is 13.2 Å². The van der Waals surface area contributed by atoms with E-state index in [0.29, 0.717) is 24.5 Å². The van der Waals surface area contributed by atoms with Crippen molar-refractivity contribution in [2.45, 2.75) is 19.3 Å². The molecule has 0 spiro atoms. The molecule has 0 bridgehead atoms. The number of piperidine rings is 1. The fourth-order valence-electron chi connectivity index (χ4n) is 2.63. The van der Waals surface area contributed by atoms with Gasteiger partial charge >= 0.3 is 0 Å². The van der Waals surface area contributed by atoms with E-state index in [4.69, 9.17) is 16.7 Å². The zero-order chi connectivity index (χ0) is 16.2. The van der Waals surface area contributed by atoms with Crippen molar-refractivity contribution < 1.29 is 13.2 Å². The van der Waals surface area contributed by atoms with Gasteiger partial charge in [-0.1, -0.05) is 23.7 Å². The number of nitrogens with zero attached hydrogens (tertiary/aromatic N) is 1. The first kappa shape index (κ1) is 17.2. The average molecular weight is 346 g/mol. The fraction of sp³-hybridized carbons (Fsp3) is 0.500. The maximum Gasteiger partial charge on any atom is 0.274 e. The normalized spacial score (nSPS) is 19.2. The lowest BCUT2D eigenvalue weighted by molar-refractivity contribution is -0.132. The first-order chi connectivity index (χ1) is 10.3. The summed E-state index contributed by atoms with van der Waals surface area (Å²) in [6.45, 7) is 1.51. The Kier molecular flexibility index (Phi) is 5.80. The van der Waals surface area contributed by atoms with E-state index >= 15 is 0 Å². The second kappa shape index (κ2) is 7.41. The summed E-state index contributed by atoms with van der Waals surface area (Å²) in [6.07, 6.45) is 2.04. The van der Waals surface area contributed by atoms with Gasteiger partial charge in [0.25, 0.3) is 10.2 Å². The number of carbonyl (C=O) groups excluding carboxylic acids is 1. The Morgan fingerprint density at radius 3 is 2.91 bits per heavy atom. The third kappa shape index (κ3) is 5.57. The monoisotopic (exact) mass is 345 g/mol. The second-order valence-corrected chi connectivity index (χ2v) is 7.36. The van der Waals surface area contributed by atoms with Gasteiger partial charge in [0.1, 0.15) is 0 Å². The molecule has 1 unspecified atom stereocenters. The molecule has 0 aliphatic carbocycles. The van der Waals surface area contributed by atoms with Gasteiger partial charge in [0.05, 0.1) is 6.42 Å². The van der Waals surface area contributed by atoms with Crippen LogP contribution in [-0.4, -0.2) is 38.9 Å². The van der Waals surface area contributed by atoms with Gasteiger partial charge in [-0.15, -0.1) is 0 Å². The van der Waals surface area contributed by atoms with Crippen LogP contribution < -0.4 is 9.86 Å². The van der Waals surface area contributed by atoms with Crippen LogP contribution in [0, 0.1) is 5.92 Å². The summed E-state index contributed by atoms with van der Waals surface area (Å²) in [5, 5.41) is 5.54. The number of nitrogens with two attached hydrogens (primary N) is 1. The number of hydrogen-bond donors (Lipinski definition) is 2. The Labute approximate surface area is 135 Å². The minimum atomic E-state index is -3.68. The van der Waals surface area contributed by atoms with Gasteiger partial charge in [0.15, 0.2) is 0 Å². The summed E-state index contributed by atoms with van der Waals surface area (Å²) in [7, 11) is -3.68. The minimum absolute atomic E-state index is 0.0302. The third-order valence-electron chi connectivity index (χ3n) is 3.69. The molecule has 1 aromatic rings. The molecule has 2 rings (SSSR count). The van der Waals surface area contributed by atoms with E-state index in [0.717, 1.165) is 18.4 Å². The molecule has 1 heterocycles. The average Bonchev–Trinajstić information content (AvgIpc) is 2.45. The van der Waals surface area contributed by atoms with Crippen LogP contribution in [0.15, 0.2) is 24.3 Å². The smallest absolute Gasteiger partial charge is 0.274 e. The van der Waals surface area contributed by atoms with Crippen molar-refractivity contribution in [3.8, 4) is 0 Å². The van der Waals surface area contributed by atoms with Gasteiger partial charge in [0.2, 0.25) is 5.91 Å². The van der Waals surface area contributed by atoms with E-state index in [2.05, 4.69) is 4.72 Å². The molecular formula is C14H20ClN3O3S. The van der Waals surface area contributed by atoms with Gasteiger partial charge in [-0.25, -0.2) is 9.86 Å². The van der Waals surface area contributed by atoms with Gasteiger partial charge in [-0.3, -0.25) is 4.79 Å². The van der Waals surface area contributed by atoms with E-state index in [1.165, 1.54) is 0 Å². The first-order valence-corrected chi connectivity index (χ1v) is 9.05. The molecule has 1 amide bonds. The van der Waals surface area contributed by atoms with Crippen LogP contribution in [0.5, 0.6) is 0 Å². The van der Waals surface area contributed by atoms with Crippen LogP contribution in [0.4, 0.5) is 0 Å². The molecule has 8 heteroatoms. The minimum Gasteiger partial charge on any atom is -0.342 e. The quantitative estimate of drug-likeness (QED) is 0.830. The molecule has 1 aliphatic heterocycles. The molecule has 0 radical (unpaired) electrons. The van der Waals surface area contributed by atoms with E-state index in [1.807, 2.05) is 12.1 Å². The van der Waals surface area contributed by atoms with Crippen LogP contribution in [0.2, 0.25) is 5.02 Å². The zero-order valence-corrected chi connectivity index (χ0v) is 13.7. The number of carbonyl (C=O) groups is 1. The highest BCUT2D eigenvalue weighted by molar-refractivity contribution is 7.87. The van der Waals surface area contributed by atoms with Crippen molar-refractivity contribution in [3.63, 3.8) is 0 Å². The molecule has 6 nitrogen and oxygen atoms in total. The molecule has 0 saturated carbocycles. The highest BCUT2D eigenvalue weighted by atomic mass is 35.5. The SMILES string of the molecule is NS(=O)(=O)NCC1CCCN(C(=O)Cc2cccc(Cl)c2)C1. The lowest BCUT2D eigenvalue weighted by Gasteiger charge is -2.32. The lowest BCUT2D eigenvalue weighted by Crippen LogP contribution is -2.45. The van der Waals surface area contributed by atoms with Crippen LogP contribution in [0.25, 0.3) is 0 Å². The summed E-state index contributed by atoms with van der Waals surface area (Å²) in [5.41, 5.74) is 0.877. The highest BCUT2D eigenvalue weighted by Gasteiger charge is 2.24. The Balaban J connectivity index is 1.90. The van der Waals surface area contributed by atoms with Gasteiger partial charge < -0.3 is 4.90 Å². The largest absolute Gasteiger partial charge is 0.342 e. The summed E-state index contributed by atoms with van der Waals surface area (Å²) in [5.74, 6) is 0.123. The van der Waals surface area contributed by atoms with E-state index in [1.54, 1.807) is 17.0 Å². The number of hydrogen-bond acceptors (Lipinski definition) is 3. The molecule has 3 N–H and O–H groups in total. The standard InChI is InChI=1S/C14H20ClN3O3S/c15-13-5-1-3-11(7-13)8-14(19)18-6-2-4-12(10-18)9-17-22(16,20)21/h1,3,5,7,12,17H,2,4,6,8-10H2,(H2,16,20,21). The summed E-state index contributed by atoms with van der Waals surface area (Å²) < 4.78 is 24.2. The molecular weight excluding hydrogens is 326 g/mol. The van der Waals surface area contributed by atoms with Gasteiger partial charge in [0, 0.05) is 24.7 Å². The van der Waals surface area contributed by atoms with Crippen molar-refractivity contribution in [3.05, 3.63) is 34.9 Å². The number of nitrogens with one attached hydrogen (secondary N) is 1. The van der Waals surface area contributed by atoms with Crippen molar-refractivity contribution in [1.82, 2.24) is 9.62 Å². The first-order valence-electron chi connectivity index (χ1n) is 7.13. The predicted molar refractivity (Wildman–Crippen MR) is 85.6 cm³/mol. The van der Waals surface area contributed by atoms with Crippen LogP contribution in [0.3, 0.4) is 0 Å². The topological polar surface area (TPSA) is 92.5 Å². The lowest BCUT2D eigenvalue weighted by atomic mass is 9.97. The van der Waals surface area contributed by atoms with Crippen molar-refractivity contribution >= 4 is 27.7 Å². The Morgan fingerprint density at radius 2 is 2.23 bits per heavy atom. The summed E-state index contributed by atoms with van der Waals surface area (Å²) in [6, 6.07) is 7.24. The van der Waals surface area contributed by atoms with Crippen molar-refractivity contribution in [2.75, 3.05) is 19.6 Å². The van der Waals surface area contributed by atoms with E-state index < -0.39 is 10.2 Å². The highest BCUT2D eigenvalue weighted by Crippen LogP contribution is 2.18. The molecule has 1 atom stereocenters. The number of benzene rings is 1. The number of likely N-dealkylation sites (tertiary alicyclic amines) is 1. The molecule has 1 aliphatic rings. The molecule has 22 heavy (non-hydrogen) atoms. The van der Waals surface area contributed by atoms with Crippen LogP contribution in [0.1, 0.15) is 18.4 Å². The fourth-order valence-corrected chi connectivity index (χ4v) is 3.31. The molecule has 1 saturated heterocycles. The molecule has 1 fully saturated rings. The Bertz CT molecular complexity index is 636. The molecule has 0 aromatic heterocycles. The summed E-state index contributed by atoms with van der Waals surface area (Å²) in [4.78, 5) is 14.1. The van der Waals surface area contributed by atoms with Crippen molar-refractivity contribution in [2.24, 2.45) is 11.1 Å². The predicted octanol–water partition coefficient (Wildman–Crippen LogP) is 0.914. The Morgan fingerprint density at radius 1 is 1.45 bits per heavy atom. The summed E-state index contributed by atoms with van der Waals surface area (Å²) >= 11 is 5.92. The third-order valence-corrected chi connectivity index (χ3v) is 4.49. The van der Waals surface area contributed by atoms with Crippen LogP contribution >= 0.6 is 11.6 Å². The number of rotatable bonds is 5. The number of halogens is 1. The molecule has 122 valence electrons. The van der Waals surface area contributed by atoms with E-state index in [-0.39, 0.29) is 18.4 Å². The Hall–Kier alpha value is -1.15. The second-order valence-electron chi connectivity index (χ2n) is 5.55. The maximum atomic E-state index is 12.3. The van der Waals surface area contributed by atoms with Gasteiger partial charge in [-0.05, 0) is 36.5 Å².